The van der Waals surface area contributed by atoms with Crippen LogP contribution in [0.3, 0.4) is 0 Å². The average Bonchev–Trinajstić information content (AvgIpc) is 3.39. The van der Waals surface area contributed by atoms with Crippen molar-refractivity contribution in [2.24, 2.45) is 11.8 Å². The number of fused-ring (bicyclic) bond motifs is 1. The van der Waals surface area contributed by atoms with Crippen molar-refractivity contribution >= 4 is 17.8 Å². The molecule has 2 bridgehead atoms. The second-order valence-corrected chi connectivity index (χ2v) is 10.4. The normalized spacial score (nSPS) is 32.9. The lowest BCUT2D eigenvalue weighted by Gasteiger charge is -2.37. The molecule has 3 aliphatic rings. The predicted octanol–water partition coefficient (Wildman–Crippen LogP) is 2.22. The summed E-state index contributed by atoms with van der Waals surface area (Å²) in [5.74, 6) is -2.67. The van der Waals surface area contributed by atoms with Gasteiger partial charge in [-0.3, -0.25) is 14.4 Å². The number of aliphatic hydroxyl groups is 1. The zero-order valence-electron chi connectivity index (χ0n) is 21.2. The van der Waals surface area contributed by atoms with Gasteiger partial charge in [-0.05, 0) is 52.0 Å². The molecule has 4 rings (SSSR count). The first-order valence-electron chi connectivity index (χ1n) is 12.9. The van der Waals surface area contributed by atoms with E-state index in [0.29, 0.717) is 19.3 Å². The summed E-state index contributed by atoms with van der Waals surface area (Å²) in [6.45, 7) is 7.48. The molecule has 8 heteroatoms. The molecule has 2 amide bonds. The van der Waals surface area contributed by atoms with Crippen LogP contribution < -0.4 is 5.32 Å². The lowest BCUT2D eigenvalue weighted by Crippen LogP contribution is -2.59. The molecule has 1 aromatic rings. The van der Waals surface area contributed by atoms with Crippen LogP contribution in [0.2, 0.25) is 0 Å². The molecule has 1 spiro atoms. The van der Waals surface area contributed by atoms with Gasteiger partial charge in [0.25, 0.3) is 0 Å². The molecule has 8 nitrogen and oxygen atoms in total. The Hall–Kier alpha value is -2.45. The van der Waals surface area contributed by atoms with Crippen LogP contribution in [0.5, 0.6) is 0 Å². The van der Waals surface area contributed by atoms with Crippen LogP contribution in [0.4, 0.5) is 0 Å². The quantitative estimate of drug-likeness (QED) is 0.492. The third-order valence-electron chi connectivity index (χ3n) is 8.03. The number of nitrogens with zero attached hydrogens (tertiary/aromatic N) is 1. The van der Waals surface area contributed by atoms with E-state index in [9.17, 15) is 19.5 Å². The van der Waals surface area contributed by atoms with Crippen molar-refractivity contribution < 1.29 is 29.0 Å². The fourth-order valence-electron chi connectivity index (χ4n) is 6.61. The summed E-state index contributed by atoms with van der Waals surface area (Å²) in [6, 6.07) is 7.96. The maximum absolute atomic E-state index is 14.1. The van der Waals surface area contributed by atoms with Crippen LogP contribution >= 0.6 is 0 Å². The summed E-state index contributed by atoms with van der Waals surface area (Å²) >= 11 is 0. The summed E-state index contributed by atoms with van der Waals surface area (Å²) in [7, 11) is 0. The molecule has 3 unspecified atom stereocenters. The van der Waals surface area contributed by atoms with Gasteiger partial charge in [0, 0.05) is 6.04 Å². The van der Waals surface area contributed by atoms with Crippen LogP contribution in [0.1, 0.15) is 58.9 Å². The Morgan fingerprint density at radius 3 is 2.60 bits per heavy atom. The highest BCUT2D eigenvalue weighted by atomic mass is 16.6. The van der Waals surface area contributed by atoms with Crippen molar-refractivity contribution in [3.63, 3.8) is 0 Å². The number of aliphatic hydroxyl groups excluding tert-OH is 1. The Kier molecular flexibility index (Phi) is 7.25. The van der Waals surface area contributed by atoms with Crippen molar-refractivity contribution in [1.29, 1.82) is 0 Å². The van der Waals surface area contributed by atoms with Crippen LogP contribution in [0, 0.1) is 11.8 Å². The molecule has 0 aromatic heterocycles. The summed E-state index contributed by atoms with van der Waals surface area (Å²) in [4.78, 5) is 42.5. The van der Waals surface area contributed by atoms with E-state index in [-0.39, 0.29) is 31.1 Å². The number of ether oxygens (including phenoxy) is 2. The Morgan fingerprint density at radius 2 is 1.97 bits per heavy atom. The van der Waals surface area contributed by atoms with Gasteiger partial charge in [0.15, 0.2) is 0 Å². The number of rotatable bonds is 10. The number of likely N-dealkylation sites (tertiary alicyclic amines) is 1. The summed E-state index contributed by atoms with van der Waals surface area (Å²) in [5, 5.41) is 13.5. The minimum Gasteiger partial charge on any atom is -0.466 e. The standard InChI is InChI=1S/C27H38N2O6/c1-5-10-17(3)28-23(31)22-27-14-13-26(4,35-27)21(25(33)34-6-2)20(27)24(32)29(22)19(16-30)15-18-11-8-7-9-12-18/h7-9,11-12,17,19-22,30H,5-6,10,13-16H2,1-4H3,(H,28,31)/t17?,19-,20+,21-,22?,26+,27?/m1/s1. The molecule has 0 radical (unpaired) electrons. The van der Waals surface area contributed by atoms with Crippen LogP contribution in [0.15, 0.2) is 30.3 Å². The monoisotopic (exact) mass is 486 g/mol. The lowest BCUT2D eigenvalue weighted by molar-refractivity contribution is -0.160. The highest BCUT2D eigenvalue weighted by molar-refractivity contribution is 5.98. The van der Waals surface area contributed by atoms with E-state index in [1.807, 2.05) is 44.2 Å². The van der Waals surface area contributed by atoms with Gasteiger partial charge in [-0.1, -0.05) is 43.7 Å². The van der Waals surface area contributed by atoms with Crippen molar-refractivity contribution in [2.45, 2.75) is 89.1 Å². The fourth-order valence-corrected chi connectivity index (χ4v) is 6.61. The van der Waals surface area contributed by atoms with E-state index >= 15 is 0 Å². The number of esters is 1. The van der Waals surface area contributed by atoms with E-state index in [2.05, 4.69) is 12.2 Å². The minimum absolute atomic E-state index is 0.0726. The Morgan fingerprint density at radius 1 is 1.26 bits per heavy atom. The third-order valence-corrected chi connectivity index (χ3v) is 8.03. The summed E-state index contributed by atoms with van der Waals surface area (Å²) < 4.78 is 11.9. The average molecular weight is 487 g/mol. The molecule has 3 fully saturated rings. The molecule has 0 saturated carbocycles. The molecule has 0 aliphatic carbocycles. The second kappa shape index (κ2) is 9.90. The number of nitrogens with one attached hydrogen (secondary N) is 1. The Labute approximate surface area is 207 Å². The van der Waals surface area contributed by atoms with E-state index < -0.39 is 41.1 Å². The first-order chi connectivity index (χ1) is 16.7. The van der Waals surface area contributed by atoms with Crippen molar-refractivity contribution in [1.82, 2.24) is 10.2 Å². The van der Waals surface area contributed by atoms with Gasteiger partial charge in [0.1, 0.15) is 17.6 Å². The van der Waals surface area contributed by atoms with Gasteiger partial charge >= 0.3 is 5.97 Å². The number of amides is 2. The fraction of sp³-hybridized carbons (Fsp3) is 0.667. The first kappa shape index (κ1) is 25.6. The molecule has 192 valence electrons. The maximum atomic E-state index is 14.1. The van der Waals surface area contributed by atoms with E-state index in [1.54, 1.807) is 6.92 Å². The third kappa shape index (κ3) is 4.25. The molecule has 3 saturated heterocycles. The molecular formula is C27H38N2O6. The smallest absolute Gasteiger partial charge is 0.312 e. The molecule has 1 aromatic carbocycles. The number of carbonyl (C=O) groups is 3. The number of hydrogen-bond donors (Lipinski definition) is 2. The molecule has 35 heavy (non-hydrogen) atoms. The van der Waals surface area contributed by atoms with Gasteiger partial charge in [-0.15, -0.1) is 0 Å². The highest BCUT2D eigenvalue weighted by Crippen LogP contribution is 2.63. The largest absolute Gasteiger partial charge is 0.466 e. The summed E-state index contributed by atoms with van der Waals surface area (Å²) in [6.07, 6.45) is 3.16. The number of benzene rings is 1. The molecule has 3 aliphatic heterocycles. The Bertz CT molecular complexity index is 954. The summed E-state index contributed by atoms with van der Waals surface area (Å²) in [5.41, 5.74) is -1.03. The number of hydrogen-bond acceptors (Lipinski definition) is 6. The second-order valence-electron chi connectivity index (χ2n) is 10.4. The lowest BCUT2D eigenvalue weighted by atomic mass is 9.66. The van der Waals surface area contributed by atoms with Gasteiger partial charge in [-0.2, -0.15) is 0 Å². The Balaban J connectivity index is 1.75. The minimum atomic E-state index is -1.12. The predicted molar refractivity (Wildman–Crippen MR) is 129 cm³/mol. The van der Waals surface area contributed by atoms with Crippen molar-refractivity contribution in [2.75, 3.05) is 13.2 Å². The maximum Gasteiger partial charge on any atom is 0.312 e. The van der Waals surface area contributed by atoms with Gasteiger partial charge in [-0.25, -0.2) is 0 Å². The van der Waals surface area contributed by atoms with Gasteiger partial charge in [0.05, 0.1) is 30.8 Å². The van der Waals surface area contributed by atoms with Gasteiger partial charge in [0.2, 0.25) is 11.8 Å². The SMILES string of the molecule is CCCC(C)NC(=O)C1N([C@@H](CO)Cc2ccccc2)C(=O)[C@@H]2[C@H](C(=O)OCC)[C@]3(C)CCC12O3. The zero-order chi connectivity index (χ0) is 25.4. The molecular weight excluding hydrogens is 448 g/mol. The number of carbonyl (C=O) groups excluding carboxylic acids is 3. The van der Waals surface area contributed by atoms with Crippen LogP contribution in [-0.2, 0) is 30.3 Å². The first-order valence-corrected chi connectivity index (χ1v) is 12.9. The molecule has 7 atom stereocenters. The van der Waals surface area contributed by atoms with E-state index in [4.69, 9.17) is 9.47 Å². The highest BCUT2D eigenvalue weighted by Gasteiger charge is 2.78. The van der Waals surface area contributed by atoms with Gasteiger partial charge < -0.3 is 24.8 Å². The van der Waals surface area contributed by atoms with E-state index in [1.165, 1.54) is 4.90 Å². The van der Waals surface area contributed by atoms with Crippen LogP contribution in [0.25, 0.3) is 0 Å². The molecule has 2 N–H and O–H groups in total. The zero-order valence-corrected chi connectivity index (χ0v) is 21.2. The topological polar surface area (TPSA) is 105 Å². The van der Waals surface area contributed by atoms with E-state index in [0.717, 1.165) is 18.4 Å². The van der Waals surface area contributed by atoms with Crippen molar-refractivity contribution in [3.05, 3.63) is 35.9 Å². The van der Waals surface area contributed by atoms with Crippen LogP contribution in [-0.4, -0.2) is 70.3 Å². The molecule has 3 heterocycles. The van der Waals surface area contributed by atoms with Crippen molar-refractivity contribution in [3.8, 4) is 0 Å².